The summed E-state index contributed by atoms with van der Waals surface area (Å²) in [5, 5.41) is 4.77. The number of likely N-dealkylation sites (tertiary alicyclic amines) is 1. The molecule has 4 heteroatoms. The molecule has 3 heterocycles. The number of anilines is 1. The number of ether oxygens (including phenoxy) is 1. The maximum Gasteiger partial charge on any atom is 0.151 e. The van der Waals surface area contributed by atoms with E-state index in [1.807, 2.05) is 0 Å². The largest absolute Gasteiger partial charge is 0.483 e. The number of likely N-dealkylation sites (N-methyl/N-ethyl adjacent to an activating group) is 1. The highest BCUT2D eigenvalue weighted by molar-refractivity contribution is 5.94. The predicted octanol–water partition coefficient (Wildman–Crippen LogP) is 4.78. The second-order valence-electron chi connectivity index (χ2n) is 10.4. The number of hydrogen-bond acceptors (Lipinski definition) is 4. The summed E-state index contributed by atoms with van der Waals surface area (Å²) in [7, 11) is 4.37. The van der Waals surface area contributed by atoms with E-state index in [2.05, 4.69) is 74.6 Å². The van der Waals surface area contributed by atoms with Gasteiger partial charge in [-0.3, -0.25) is 0 Å². The molecule has 158 valence electrons. The number of aromatic nitrogens is 1. The molecular formula is C27H29N3O. The molecule has 7 rings (SSSR count). The van der Waals surface area contributed by atoms with Crippen LogP contribution in [0.4, 0.5) is 5.69 Å². The minimum absolute atomic E-state index is 0.00653. The van der Waals surface area contributed by atoms with Crippen LogP contribution in [0.1, 0.15) is 47.4 Å². The standard InChI is InChI=1S/C27H29N3O/c1-15-9-10-16-13-20-26(2)14-18-22(28-3)17-7-5-6-8-19(17)29-23(18)25-27(26,11-12-30(20)4)21(16)24(15)31-25/h5-10,20,25H,11-14H2,1-4H3,(H,28,29)/t20-,25-,26-,27-/m0/s1. The first-order chi connectivity index (χ1) is 15.0. The van der Waals surface area contributed by atoms with Crippen LogP contribution >= 0.6 is 0 Å². The second-order valence-corrected chi connectivity index (χ2v) is 10.4. The topological polar surface area (TPSA) is 37.4 Å². The van der Waals surface area contributed by atoms with Crippen molar-refractivity contribution >= 4 is 16.6 Å². The zero-order valence-corrected chi connectivity index (χ0v) is 18.7. The fraction of sp³-hybridized carbons (Fsp3) is 0.444. The van der Waals surface area contributed by atoms with Gasteiger partial charge in [0, 0.05) is 40.7 Å². The van der Waals surface area contributed by atoms with Crippen LogP contribution in [0.3, 0.4) is 0 Å². The average Bonchev–Trinajstić information content (AvgIpc) is 3.12. The minimum Gasteiger partial charge on any atom is -0.483 e. The van der Waals surface area contributed by atoms with Gasteiger partial charge < -0.3 is 15.0 Å². The fourth-order valence-corrected chi connectivity index (χ4v) is 7.78. The Hall–Kier alpha value is -2.59. The van der Waals surface area contributed by atoms with Crippen LogP contribution in [0.2, 0.25) is 0 Å². The lowest BCUT2D eigenvalue weighted by atomic mass is 9.44. The summed E-state index contributed by atoms with van der Waals surface area (Å²) in [5.41, 5.74) is 9.20. The van der Waals surface area contributed by atoms with Gasteiger partial charge in [0.25, 0.3) is 0 Å². The van der Waals surface area contributed by atoms with Crippen molar-refractivity contribution in [2.24, 2.45) is 5.41 Å². The highest BCUT2D eigenvalue weighted by Crippen LogP contribution is 2.71. The maximum atomic E-state index is 6.98. The first-order valence-corrected chi connectivity index (χ1v) is 11.6. The van der Waals surface area contributed by atoms with Crippen molar-refractivity contribution in [3.8, 4) is 5.75 Å². The maximum absolute atomic E-state index is 6.98. The van der Waals surface area contributed by atoms with Gasteiger partial charge in [-0.05, 0) is 57.0 Å². The number of piperidine rings is 1. The van der Waals surface area contributed by atoms with E-state index in [4.69, 9.17) is 9.72 Å². The quantitative estimate of drug-likeness (QED) is 0.625. The van der Waals surface area contributed by atoms with Gasteiger partial charge in [-0.1, -0.05) is 37.3 Å². The molecule has 1 aromatic heterocycles. The van der Waals surface area contributed by atoms with Crippen molar-refractivity contribution in [3.63, 3.8) is 0 Å². The monoisotopic (exact) mass is 411 g/mol. The van der Waals surface area contributed by atoms with E-state index in [9.17, 15) is 0 Å². The number of benzene rings is 2. The lowest BCUT2D eigenvalue weighted by Crippen LogP contribution is -2.68. The number of rotatable bonds is 1. The van der Waals surface area contributed by atoms with Crippen molar-refractivity contribution < 1.29 is 4.74 Å². The zero-order valence-electron chi connectivity index (χ0n) is 18.7. The third-order valence-electron chi connectivity index (χ3n) is 9.20. The second kappa shape index (κ2) is 5.60. The van der Waals surface area contributed by atoms with Gasteiger partial charge in [0.2, 0.25) is 0 Å². The smallest absolute Gasteiger partial charge is 0.151 e. The highest BCUT2D eigenvalue weighted by atomic mass is 16.5. The van der Waals surface area contributed by atoms with Gasteiger partial charge in [0.1, 0.15) is 5.75 Å². The summed E-state index contributed by atoms with van der Waals surface area (Å²) >= 11 is 0. The van der Waals surface area contributed by atoms with Gasteiger partial charge in [-0.25, -0.2) is 4.98 Å². The molecule has 2 aromatic carbocycles. The Balaban J connectivity index is 1.61. The fourth-order valence-electron chi connectivity index (χ4n) is 7.78. The number of fused-ring (bicyclic) bond motifs is 3. The Morgan fingerprint density at radius 2 is 2.03 bits per heavy atom. The van der Waals surface area contributed by atoms with Gasteiger partial charge >= 0.3 is 0 Å². The van der Waals surface area contributed by atoms with E-state index in [1.54, 1.807) is 0 Å². The summed E-state index contributed by atoms with van der Waals surface area (Å²) < 4.78 is 6.98. The number of para-hydroxylation sites is 1. The molecule has 1 spiro atoms. The van der Waals surface area contributed by atoms with E-state index in [1.165, 1.54) is 33.3 Å². The van der Waals surface area contributed by atoms with Crippen molar-refractivity contribution in [2.45, 2.75) is 50.7 Å². The molecule has 31 heavy (non-hydrogen) atoms. The number of hydrogen-bond donors (Lipinski definition) is 1. The summed E-state index contributed by atoms with van der Waals surface area (Å²) in [5.74, 6) is 1.14. The zero-order chi connectivity index (χ0) is 21.1. The van der Waals surface area contributed by atoms with Gasteiger partial charge in [-0.2, -0.15) is 0 Å². The number of pyridine rings is 1. The molecule has 1 N–H and O–H groups in total. The summed E-state index contributed by atoms with van der Waals surface area (Å²) in [6.07, 6.45) is 3.27. The van der Waals surface area contributed by atoms with Crippen molar-refractivity contribution in [3.05, 3.63) is 64.3 Å². The minimum atomic E-state index is -0.00990. The Labute approximate surface area is 183 Å². The van der Waals surface area contributed by atoms with Crippen LogP contribution in [-0.2, 0) is 18.3 Å². The highest BCUT2D eigenvalue weighted by Gasteiger charge is 2.70. The van der Waals surface area contributed by atoms with E-state index in [-0.39, 0.29) is 16.9 Å². The average molecular weight is 412 g/mol. The molecule has 0 unspecified atom stereocenters. The number of aryl methyl sites for hydroxylation is 1. The van der Waals surface area contributed by atoms with Gasteiger partial charge in [0.05, 0.1) is 16.6 Å². The van der Waals surface area contributed by atoms with Crippen LogP contribution in [0.5, 0.6) is 5.75 Å². The molecule has 2 aliphatic heterocycles. The van der Waals surface area contributed by atoms with Gasteiger partial charge in [0.15, 0.2) is 6.10 Å². The first kappa shape index (κ1) is 18.0. The Morgan fingerprint density at radius 1 is 1.19 bits per heavy atom. The molecule has 4 nitrogen and oxygen atoms in total. The summed E-state index contributed by atoms with van der Waals surface area (Å²) in [6.45, 7) is 5.87. The van der Waals surface area contributed by atoms with Crippen molar-refractivity contribution in [1.29, 1.82) is 0 Å². The molecule has 2 aliphatic carbocycles. The Kier molecular flexibility index (Phi) is 3.26. The molecular weight excluding hydrogens is 382 g/mol. The Bertz CT molecular complexity index is 1280. The predicted molar refractivity (Wildman–Crippen MR) is 124 cm³/mol. The molecule has 4 aliphatic rings. The molecule has 1 saturated heterocycles. The lowest BCUT2D eigenvalue weighted by Gasteiger charge is -2.64. The molecule has 0 saturated carbocycles. The van der Waals surface area contributed by atoms with Crippen LogP contribution < -0.4 is 10.1 Å². The normalized spacial score (nSPS) is 32.4. The Morgan fingerprint density at radius 3 is 2.87 bits per heavy atom. The molecule has 0 radical (unpaired) electrons. The first-order valence-electron chi connectivity index (χ1n) is 11.6. The van der Waals surface area contributed by atoms with E-state index < -0.39 is 0 Å². The number of nitrogens with zero attached hydrogens (tertiary/aromatic N) is 2. The third-order valence-corrected chi connectivity index (χ3v) is 9.20. The SMILES string of the molecule is CNc1c2c(nc3ccccc13)[C@@H]1Oc3c(C)ccc4c3[C@@]13CCN(C)[C@@H](C4)[C@]3(C)C2. The van der Waals surface area contributed by atoms with Crippen molar-refractivity contribution in [1.82, 2.24) is 9.88 Å². The van der Waals surface area contributed by atoms with Crippen LogP contribution in [0.25, 0.3) is 10.9 Å². The van der Waals surface area contributed by atoms with Crippen LogP contribution in [0, 0.1) is 12.3 Å². The molecule has 0 amide bonds. The summed E-state index contributed by atoms with van der Waals surface area (Å²) in [4.78, 5) is 7.89. The van der Waals surface area contributed by atoms with Crippen LogP contribution in [0.15, 0.2) is 36.4 Å². The number of nitrogens with one attached hydrogen (secondary N) is 1. The van der Waals surface area contributed by atoms with Gasteiger partial charge in [-0.15, -0.1) is 0 Å². The van der Waals surface area contributed by atoms with E-state index in [0.717, 1.165) is 42.8 Å². The van der Waals surface area contributed by atoms with E-state index >= 15 is 0 Å². The third kappa shape index (κ3) is 1.87. The molecule has 2 bridgehead atoms. The summed E-state index contributed by atoms with van der Waals surface area (Å²) in [6, 6.07) is 13.7. The lowest BCUT2D eigenvalue weighted by molar-refractivity contribution is -0.0908. The van der Waals surface area contributed by atoms with Crippen LogP contribution in [-0.4, -0.2) is 36.6 Å². The molecule has 4 atom stereocenters. The van der Waals surface area contributed by atoms with E-state index in [0.29, 0.717) is 6.04 Å². The molecule has 3 aromatic rings. The van der Waals surface area contributed by atoms with Crippen molar-refractivity contribution in [2.75, 3.05) is 26.0 Å². The molecule has 1 fully saturated rings.